The maximum atomic E-state index is 9.09. The predicted molar refractivity (Wildman–Crippen MR) is 112 cm³/mol. The van der Waals surface area contributed by atoms with Gasteiger partial charge >= 0.3 is 0 Å². The molecule has 4 heterocycles. The summed E-state index contributed by atoms with van der Waals surface area (Å²) >= 11 is 0. The zero-order valence-electron chi connectivity index (χ0n) is 16.5. The van der Waals surface area contributed by atoms with Gasteiger partial charge in [0, 0.05) is 49.4 Å². The molecule has 0 aliphatic carbocycles. The summed E-state index contributed by atoms with van der Waals surface area (Å²) < 4.78 is 0. The van der Waals surface area contributed by atoms with E-state index in [0.717, 1.165) is 68.6 Å². The average molecular weight is 384 g/mol. The fourth-order valence-corrected chi connectivity index (χ4v) is 4.64. The third-order valence-corrected chi connectivity index (χ3v) is 6.42. The maximum Gasteiger partial charge on any atom is 0.179 e. The van der Waals surface area contributed by atoms with E-state index in [1.807, 2.05) is 23.4 Å². The standard InChI is InChI=1S/C23H24N6/c24-16-28-10-7-23(8-11-28)14-29(15-23)22-20-12-18(5-6-21(20)26-17-27-22)3-4-19-2-1-9-25-13-19/h1-2,5-6,9,12-13,17H,3-4,7-8,10-11,14-15H2. The van der Waals surface area contributed by atoms with Crippen LogP contribution in [0.3, 0.4) is 0 Å². The predicted octanol–water partition coefficient (Wildman–Crippen LogP) is 3.19. The number of aromatic nitrogens is 3. The van der Waals surface area contributed by atoms with E-state index in [0.29, 0.717) is 5.41 Å². The van der Waals surface area contributed by atoms with E-state index in [1.54, 1.807) is 6.33 Å². The second-order valence-corrected chi connectivity index (χ2v) is 8.35. The maximum absolute atomic E-state index is 9.09. The van der Waals surface area contributed by atoms with E-state index in [-0.39, 0.29) is 0 Å². The molecule has 0 amide bonds. The molecule has 146 valence electrons. The summed E-state index contributed by atoms with van der Waals surface area (Å²) in [4.78, 5) is 17.6. The Bertz CT molecular complexity index is 1040. The summed E-state index contributed by atoms with van der Waals surface area (Å²) in [6.45, 7) is 3.82. The van der Waals surface area contributed by atoms with Crippen LogP contribution in [0.1, 0.15) is 24.0 Å². The van der Waals surface area contributed by atoms with Crippen LogP contribution in [0.15, 0.2) is 49.1 Å². The van der Waals surface area contributed by atoms with Crippen LogP contribution in [0.4, 0.5) is 5.82 Å². The van der Waals surface area contributed by atoms with Crippen molar-refractivity contribution < 1.29 is 0 Å². The fourth-order valence-electron chi connectivity index (χ4n) is 4.64. The molecule has 2 aromatic heterocycles. The first-order valence-electron chi connectivity index (χ1n) is 10.3. The summed E-state index contributed by atoms with van der Waals surface area (Å²) in [6.07, 6.45) is 11.8. The quantitative estimate of drug-likeness (QED) is 0.644. The number of rotatable bonds is 4. The van der Waals surface area contributed by atoms with E-state index in [9.17, 15) is 0 Å². The lowest BCUT2D eigenvalue weighted by molar-refractivity contribution is 0.104. The molecule has 0 bridgehead atoms. The second-order valence-electron chi connectivity index (χ2n) is 8.35. The van der Waals surface area contributed by atoms with Crippen LogP contribution in [0.2, 0.25) is 0 Å². The number of hydrogen-bond acceptors (Lipinski definition) is 6. The molecule has 0 atom stereocenters. The largest absolute Gasteiger partial charge is 0.355 e. The van der Waals surface area contributed by atoms with Crippen molar-refractivity contribution in [1.29, 1.82) is 5.26 Å². The third-order valence-electron chi connectivity index (χ3n) is 6.42. The first kappa shape index (κ1) is 17.9. The molecule has 29 heavy (non-hydrogen) atoms. The van der Waals surface area contributed by atoms with Crippen molar-refractivity contribution in [1.82, 2.24) is 19.9 Å². The van der Waals surface area contributed by atoms with Gasteiger partial charge in [-0.05, 0) is 55.0 Å². The fraction of sp³-hybridized carbons (Fsp3) is 0.391. The molecule has 0 unspecified atom stereocenters. The lowest BCUT2D eigenvalue weighted by Crippen LogP contribution is -2.60. The van der Waals surface area contributed by atoms with E-state index < -0.39 is 0 Å². The Morgan fingerprint density at radius 1 is 1.03 bits per heavy atom. The van der Waals surface area contributed by atoms with Crippen molar-refractivity contribution in [3.8, 4) is 6.19 Å². The molecule has 2 fully saturated rings. The van der Waals surface area contributed by atoms with Gasteiger partial charge < -0.3 is 9.80 Å². The van der Waals surface area contributed by atoms with Crippen LogP contribution < -0.4 is 4.90 Å². The van der Waals surface area contributed by atoms with Crippen LogP contribution in [0.25, 0.3) is 10.9 Å². The average Bonchev–Trinajstić information content (AvgIpc) is 2.76. The van der Waals surface area contributed by atoms with Crippen LogP contribution in [0.5, 0.6) is 0 Å². The summed E-state index contributed by atoms with van der Waals surface area (Å²) in [6, 6.07) is 10.7. The van der Waals surface area contributed by atoms with Gasteiger partial charge in [0.2, 0.25) is 0 Å². The highest BCUT2D eigenvalue weighted by molar-refractivity contribution is 5.90. The molecular weight excluding hydrogens is 360 g/mol. The number of nitriles is 1. The summed E-state index contributed by atoms with van der Waals surface area (Å²) in [5.41, 5.74) is 3.91. The van der Waals surface area contributed by atoms with E-state index >= 15 is 0 Å². The molecule has 0 N–H and O–H groups in total. The molecule has 0 radical (unpaired) electrons. The Hall–Kier alpha value is -3.20. The normalized spacial score (nSPS) is 17.9. The number of hydrogen-bond donors (Lipinski definition) is 0. The highest BCUT2D eigenvalue weighted by atomic mass is 15.3. The Morgan fingerprint density at radius 3 is 2.62 bits per heavy atom. The summed E-state index contributed by atoms with van der Waals surface area (Å²) in [5.74, 6) is 1.05. The molecular formula is C23H24N6. The minimum Gasteiger partial charge on any atom is -0.355 e. The number of aryl methyl sites for hydroxylation is 2. The minimum atomic E-state index is 0.350. The van der Waals surface area contributed by atoms with Crippen molar-refractivity contribution in [2.45, 2.75) is 25.7 Å². The second kappa shape index (κ2) is 7.32. The van der Waals surface area contributed by atoms with Crippen molar-refractivity contribution in [3.05, 3.63) is 60.2 Å². The molecule has 3 aromatic rings. The first-order valence-corrected chi connectivity index (χ1v) is 10.3. The number of likely N-dealkylation sites (tertiary alicyclic amines) is 1. The highest BCUT2D eigenvalue weighted by Crippen LogP contribution is 2.43. The summed E-state index contributed by atoms with van der Waals surface area (Å²) in [7, 11) is 0. The summed E-state index contributed by atoms with van der Waals surface area (Å²) in [5, 5.41) is 10.2. The lowest BCUT2D eigenvalue weighted by atomic mass is 9.72. The number of benzene rings is 1. The number of anilines is 1. The van der Waals surface area contributed by atoms with Crippen LogP contribution in [-0.4, -0.2) is 46.0 Å². The van der Waals surface area contributed by atoms with Gasteiger partial charge in [0.25, 0.3) is 0 Å². The van der Waals surface area contributed by atoms with Gasteiger partial charge in [-0.3, -0.25) is 4.98 Å². The number of pyridine rings is 1. The van der Waals surface area contributed by atoms with Crippen molar-refractivity contribution >= 4 is 16.7 Å². The monoisotopic (exact) mass is 384 g/mol. The van der Waals surface area contributed by atoms with Crippen molar-refractivity contribution in [2.75, 3.05) is 31.1 Å². The van der Waals surface area contributed by atoms with E-state index in [2.05, 4.69) is 50.3 Å². The molecule has 6 nitrogen and oxygen atoms in total. The van der Waals surface area contributed by atoms with Crippen LogP contribution >= 0.6 is 0 Å². The highest BCUT2D eigenvalue weighted by Gasteiger charge is 2.45. The van der Waals surface area contributed by atoms with Gasteiger partial charge in [-0.2, -0.15) is 5.26 Å². The molecule has 2 saturated heterocycles. The van der Waals surface area contributed by atoms with Gasteiger partial charge in [0.15, 0.2) is 6.19 Å². The van der Waals surface area contributed by atoms with Gasteiger partial charge in [-0.1, -0.05) is 12.1 Å². The van der Waals surface area contributed by atoms with Gasteiger partial charge in [0.1, 0.15) is 12.1 Å². The van der Waals surface area contributed by atoms with E-state index in [4.69, 9.17) is 5.26 Å². The van der Waals surface area contributed by atoms with Crippen molar-refractivity contribution in [2.24, 2.45) is 5.41 Å². The molecule has 2 aliphatic heterocycles. The third kappa shape index (κ3) is 3.49. The minimum absolute atomic E-state index is 0.350. The zero-order chi connectivity index (χ0) is 19.7. The van der Waals surface area contributed by atoms with Gasteiger partial charge in [-0.25, -0.2) is 9.97 Å². The van der Waals surface area contributed by atoms with E-state index in [1.165, 1.54) is 11.1 Å². The Morgan fingerprint density at radius 2 is 1.86 bits per heavy atom. The topological polar surface area (TPSA) is 68.9 Å². The molecule has 1 aromatic carbocycles. The first-order chi connectivity index (χ1) is 14.2. The zero-order valence-corrected chi connectivity index (χ0v) is 16.5. The van der Waals surface area contributed by atoms with Gasteiger partial charge in [0.05, 0.1) is 5.52 Å². The molecule has 6 heteroatoms. The van der Waals surface area contributed by atoms with Crippen LogP contribution in [0, 0.1) is 16.9 Å². The Balaban J connectivity index is 1.33. The number of fused-ring (bicyclic) bond motifs is 1. The molecule has 2 aliphatic rings. The molecule has 0 saturated carbocycles. The smallest absolute Gasteiger partial charge is 0.179 e. The van der Waals surface area contributed by atoms with Gasteiger partial charge in [-0.15, -0.1) is 0 Å². The van der Waals surface area contributed by atoms with Crippen LogP contribution in [-0.2, 0) is 12.8 Å². The Kier molecular flexibility index (Phi) is 4.51. The Labute approximate surface area is 170 Å². The van der Waals surface area contributed by atoms with Crippen molar-refractivity contribution in [3.63, 3.8) is 0 Å². The SMILES string of the molecule is N#CN1CCC2(CC1)CN(c1ncnc3ccc(CCc4cccnc4)cc13)C2. The lowest BCUT2D eigenvalue weighted by Gasteiger charge is -2.54. The number of piperidine rings is 1. The molecule has 1 spiro atoms. The number of nitrogens with zero attached hydrogens (tertiary/aromatic N) is 6. The molecule has 5 rings (SSSR count).